The van der Waals surface area contributed by atoms with Gasteiger partial charge in [0, 0.05) is 31.4 Å². The van der Waals surface area contributed by atoms with Gasteiger partial charge in [0.15, 0.2) is 15.8 Å². The van der Waals surface area contributed by atoms with E-state index in [0.29, 0.717) is 31.3 Å². The van der Waals surface area contributed by atoms with Gasteiger partial charge >= 0.3 is 6.61 Å². The molecule has 0 spiro atoms. The number of para-hydroxylation sites is 2. The number of aliphatic imine (C=N–C) groups is 1. The van der Waals surface area contributed by atoms with Gasteiger partial charge in [0.1, 0.15) is 5.75 Å². The predicted octanol–water partition coefficient (Wildman–Crippen LogP) is 1.86. The second-order valence-corrected chi connectivity index (χ2v) is 8.89. The van der Waals surface area contributed by atoms with Gasteiger partial charge in [-0.05, 0) is 25.5 Å². The Kier molecular flexibility index (Phi) is 8.28. The summed E-state index contributed by atoms with van der Waals surface area (Å²) in [6.45, 7) is 2.79. The standard InChI is InChI=1S/C18H28F2N4O3S/c1-3-21-18(22-10-12-28(25,26)4-2)23-14-9-11-24(13-14)15-7-5-6-8-16(15)27-17(19)20/h5-8,14,17H,3-4,9-13H2,1-2H3,(H2,21,22,23). The van der Waals surface area contributed by atoms with Gasteiger partial charge in [0.05, 0.1) is 18.0 Å². The number of hydrogen-bond acceptors (Lipinski definition) is 5. The Balaban J connectivity index is 1.98. The molecule has 1 unspecified atom stereocenters. The van der Waals surface area contributed by atoms with Crippen molar-refractivity contribution in [1.82, 2.24) is 10.6 Å². The molecule has 0 radical (unpaired) electrons. The Labute approximate surface area is 165 Å². The Hall–Kier alpha value is -2.10. The molecule has 158 valence electrons. The van der Waals surface area contributed by atoms with Crippen molar-refractivity contribution in [3.63, 3.8) is 0 Å². The van der Waals surface area contributed by atoms with E-state index in [1.54, 1.807) is 25.1 Å². The first-order valence-electron chi connectivity index (χ1n) is 9.38. The molecule has 1 heterocycles. The lowest BCUT2D eigenvalue weighted by atomic mass is 10.2. The van der Waals surface area contributed by atoms with Crippen molar-refractivity contribution < 1.29 is 21.9 Å². The van der Waals surface area contributed by atoms with E-state index in [9.17, 15) is 17.2 Å². The molecule has 7 nitrogen and oxygen atoms in total. The minimum Gasteiger partial charge on any atom is -0.433 e. The summed E-state index contributed by atoms with van der Waals surface area (Å²) in [7, 11) is -3.06. The zero-order chi connectivity index (χ0) is 20.6. The van der Waals surface area contributed by atoms with E-state index in [0.717, 1.165) is 6.42 Å². The van der Waals surface area contributed by atoms with Crippen molar-refractivity contribution in [3.05, 3.63) is 24.3 Å². The van der Waals surface area contributed by atoms with Crippen LogP contribution in [0.15, 0.2) is 29.3 Å². The number of rotatable bonds is 9. The molecular weight excluding hydrogens is 390 g/mol. The van der Waals surface area contributed by atoms with Crippen LogP contribution in [0, 0.1) is 0 Å². The number of alkyl halides is 2. The van der Waals surface area contributed by atoms with Crippen LogP contribution in [0.3, 0.4) is 0 Å². The van der Waals surface area contributed by atoms with Crippen LogP contribution in [0.5, 0.6) is 5.75 Å². The number of halogens is 2. The van der Waals surface area contributed by atoms with Crippen LogP contribution in [-0.2, 0) is 9.84 Å². The molecule has 0 amide bonds. The Morgan fingerprint density at radius 3 is 2.79 bits per heavy atom. The molecule has 1 fully saturated rings. The van der Waals surface area contributed by atoms with Crippen molar-refractivity contribution in [1.29, 1.82) is 0 Å². The van der Waals surface area contributed by atoms with Crippen LogP contribution >= 0.6 is 0 Å². The molecule has 0 aliphatic carbocycles. The third kappa shape index (κ3) is 6.81. The number of anilines is 1. The third-order valence-electron chi connectivity index (χ3n) is 4.41. The zero-order valence-electron chi connectivity index (χ0n) is 16.2. The average Bonchev–Trinajstić information content (AvgIpc) is 3.10. The van der Waals surface area contributed by atoms with Gasteiger partial charge in [0.2, 0.25) is 0 Å². The molecule has 10 heteroatoms. The molecule has 2 N–H and O–H groups in total. The van der Waals surface area contributed by atoms with Gasteiger partial charge in [-0.1, -0.05) is 19.1 Å². The van der Waals surface area contributed by atoms with Gasteiger partial charge in [0.25, 0.3) is 0 Å². The summed E-state index contributed by atoms with van der Waals surface area (Å²) in [5, 5.41) is 6.40. The Morgan fingerprint density at radius 2 is 2.11 bits per heavy atom. The zero-order valence-corrected chi connectivity index (χ0v) is 17.0. The number of sulfone groups is 1. The normalized spacial score (nSPS) is 17.8. The summed E-state index contributed by atoms with van der Waals surface area (Å²) >= 11 is 0. The van der Waals surface area contributed by atoms with Crippen molar-refractivity contribution in [2.24, 2.45) is 4.99 Å². The highest BCUT2D eigenvalue weighted by Crippen LogP contribution is 2.31. The Morgan fingerprint density at radius 1 is 1.36 bits per heavy atom. The number of hydrogen-bond donors (Lipinski definition) is 2. The van der Waals surface area contributed by atoms with Gasteiger partial charge < -0.3 is 20.3 Å². The fourth-order valence-corrected chi connectivity index (χ4v) is 3.62. The summed E-state index contributed by atoms with van der Waals surface area (Å²) in [4.78, 5) is 6.32. The highest BCUT2D eigenvalue weighted by Gasteiger charge is 2.26. The Bertz CT molecular complexity index is 759. The minimum atomic E-state index is -3.06. The van der Waals surface area contributed by atoms with Crippen LogP contribution < -0.4 is 20.3 Å². The fraction of sp³-hybridized carbons (Fsp3) is 0.611. The second-order valence-electron chi connectivity index (χ2n) is 6.42. The van der Waals surface area contributed by atoms with Crippen LogP contribution in [-0.4, -0.2) is 64.7 Å². The van der Waals surface area contributed by atoms with E-state index < -0.39 is 16.4 Å². The molecule has 0 bridgehead atoms. The number of ether oxygens (including phenoxy) is 1. The van der Waals surface area contributed by atoms with E-state index in [1.807, 2.05) is 11.8 Å². The lowest BCUT2D eigenvalue weighted by Crippen LogP contribution is -2.44. The number of benzene rings is 1. The molecule has 1 aromatic carbocycles. The maximum Gasteiger partial charge on any atom is 0.387 e. The molecule has 1 atom stereocenters. The van der Waals surface area contributed by atoms with E-state index >= 15 is 0 Å². The lowest BCUT2D eigenvalue weighted by molar-refractivity contribution is -0.0495. The quantitative estimate of drug-likeness (QED) is 0.471. The largest absolute Gasteiger partial charge is 0.433 e. The maximum absolute atomic E-state index is 12.6. The van der Waals surface area contributed by atoms with Crippen LogP contribution in [0.2, 0.25) is 0 Å². The molecular formula is C18H28F2N4O3S. The first-order chi connectivity index (χ1) is 13.3. The number of nitrogens with zero attached hydrogens (tertiary/aromatic N) is 2. The molecule has 1 saturated heterocycles. The van der Waals surface area contributed by atoms with Gasteiger partial charge in [-0.2, -0.15) is 8.78 Å². The lowest BCUT2D eigenvalue weighted by Gasteiger charge is -2.22. The highest BCUT2D eigenvalue weighted by atomic mass is 32.2. The van der Waals surface area contributed by atoms with E-state index in [2.05, 4.69) is 20.4 Å². The molecule has 28 heavy (non-hydrogen) atoms. The van der Waals surface area contributed by atoms with E-state index in [4.69, 9.17) is 0 Å². The second kappa shape index (κ2) is 10.4. The van der Waals surface area contributed by atoms with Crippen molar-refractivity contribution in [3.8, 4) is 5.75 Å². The summed E-state index contributed by atoms with van der Waals surface area (Å²) in [6.07, 6.45) is 0.792. The topological polar surface area (TPSA) is 83.0 Å². The van der Waals surface area contributed by atoms with E-state index in [-0.39, 0.29) is 29.8 Å². The SMILES string of the molecule is CCNC(=NCCS(=O)(=O)CC)NC1CCN(c2ccccc2OC(F)F)C1. The summed E-state index contributed by atoms with van der Waals surface area (Å²) in [5.41, 5.74) is 0.628. The fourth-order valence-electron chi connectivity index (χ4n) is 2.97. The van der Waals surface area contributed by atoms with Gasteiger partial charge in [-0.15, -0.1) is 0 Å². The molecule has 1 aromatic rings. The highest BCUT2D eigenvalue weighted by molar-refractivity contribution is 7.91. The smallest absolute Gasteiger partial charge is 0.387 e. The van der Waals surface area contributed by atoms with Crippen molar-refractivity contribution >= 4 is 21.5 Å². The first kappa shape index (κ1) is 22.2. The molecule has 0 aromatic heterocycles. The number of nitrogens with one attached hydrogen (secondary N) is 2. The monoisotopic (exact) mass is 418 g/mol. The maximum atomic E-state index is 12.6. The summed E-state index contributed by atoms with van der Waals surface area (Å²) < 4.78 is 53.1. The predicted molar refractivity (Wildman–Crippen MR) is 107 cm³/mol. The molecule has 0 saturated carbocycles. The van der Waals surface area contributed by atoms with Gasteiger partial charge in [-0.3, -0.25) is 4.99 Å². The molecule has 1 aliphatic rings. The van der Waals surface area contributed by atoms with Crippen molar-refractivity contribution in [2.75, 3.05) is 42.6 Å². The molecule has 2 rings (SSSR count). The van der Waals surface area contributed by atoms with Crippen LogP contribution in [0.1, 0.15) is 20.3 Å². The van der Waals surface area contributed by atoms with Crippen molar-refractivity contribution in [2.45, 2.75) is 32.9 Å². The number of guanidine groups is 1. The third-order valence-corrected chi connectivity index (χ3v) is 6.09. The summed E-state index contributed by atoms with van der Waals surface area (Å²) in [6, 6.07) is 6.79. The minimum absolute atomic E-state index is 0.00914. The average molecular weight is 419 g/mol. The van der Waals surface area contributed by atoms with Crippen LogP contribution in [0.4, 0.5) is 14.5 Å². The molecule has 1 aliphatic heterocycles. The van der Waals surface area contributed by atoms with Crippen LogP contribution in [0.25, 0.3) is 0 Å². The van der Waals surface area contributed by atoms with E-state index in [1.165, 1.54) is 6.07 Å². The first-order valence-corrected chi connectivity index (χ1v) is 11.2. The summed E-state index contributed by atoms with van der Waals surface area (Å²) in [5.74, 6) is 0.820. The van der Waals surface area contributed by atoms with Gasteiger partial charge in [-0.25, -0.2) is 8.42 Å².